The van der Waals surface area contributed by atoms with Gasteiger partial charge in [-0.25, -0.2) is 4.98 Å². The third-order valence-corrected chi connectivity index (χ3v) is 5.46. The molecule has 154 valence electrons. The lowest BCUT2D eigenvalue weighted by atomic mass is 10.1. The fraction of sp³-hybridized carbons (Fsp3) is 0.261. The van der Waals surface area contributed by atoms with Gasteiger partial charge in [0.15, 0.2) is 0 Å². The number of piperazine rings is 1. The van der Waals surface area contributed by atoms with Crippen molar-refractivity contribution >= 4 is 34.3 Å². The number of rotatable bonds is 6. The van der Waals surface area contributed by atoms with Crippen LogP contribution in [0.1, 0.15) is 11.1 Å². The SMILES string of the molecule is CN1CCN(c2cccc(CNc3cnc4cc(/C(C=N)=C/N)ccc4n3)c2)CC1. The van der Waals surface area contributed by atoms with Crippen molar-refractivity contribution in [1.82, 2.24) is 14.9 Å². The number of hydrogen-bond acceptors (Lipinski definition) is 7. The van der Waals surface area contributed by atoms with E-state index in [1.165, 1.54) is 23.7 Å². The van der Waals surface area contributed by atoms with Gasteiger partial charge in [0, 0.05) is 56.4 Å². The first kappa shape index (κ1) is 19.8. The summed E-state index contributed by atoms with van der Waals surface area (Å²) >= 11 is 0. The largest absolute Gasteiger partial charge is 0.404 e. The highest BCUT2D eigenvalue weighted by atomic mass is 15.2. The van der Waals surface area contributed by atoms with Gasteiger partial charge in [0.2, 0.25) is 0 Å². The lowest BCUT2D eigenvalue weighted by Gasteiger charge is -2.34. The van der Waals surface area contributed by atoms with E-state index in [0.29, 0.717) is 12.1 Å². The molecule has 1 fully saturated rings. The highest BCUT2D eigenvalue weighted by molar-refractivity contribution is 6.08. The summed E-state index contributed by atoms with van der Waals surface area (Å²) in [6, 6.07) is 14.4. The van der Waals surface area contributed by atoms with Crippen LogP contribution in [-0.4, -0.2) is 54.3 Å². The summed E-state index contributed by atoms with van der Waals surface area (Å²) in [5, 5.41) is 10.8. The Labute approximate surface area is 176 Å². The van der Waals surface area contributed by atoms with E-state index >= 15 is 0 Å². The van der Waals surface area contributed by atoms with E-state index in [4.69, 9.17) is 11.1 Å². The van der Waals surface area contributed by atoms with Crippen molar-refractivity contribution < 1.29 is 0 Å². The molecular weight excluding hydrogens is 374 g/mol. The van der Waals surface area contributed by atoms with E-state index in [1.54, 1.807) is 6.20 Å². The van der Waals surface area contributed by atoms with Crippen molar-refractivity contribution in [1.29, 1.82) is 5.41 Å². The van der Waals surface area contributed by atoms with Crippen LogP contribution in [0.4, 0.5) is 11.5 Å². The van der Waals surface area contributed by atoms with Crippen LogP contribution in [0.25, 0.3) is 16.6 Å². The lowest BCUT2D eigenvalue weighted by Crippen LogP contribution is -2.44. The van der Waals surface area contributed by atoms with Crippen LogP contribution in [0.3, 0.4) is 0 Å². The molecule has 0 saturated carbocycles. The molecule has 1 aromatic heterocycles. The van der Waals surface area contributed by atoms with E-state index in [2.05, 4.69) is 56.4 Å². The van der Waals surface area contributed by atoms with E-state index in [1.807, 2.05) is 18.2 Å². The first-order chi connectivity index (χ1) is 14.7. The van der Waals surface area contributed by atoms with E-state index in [0.717, 1.165) is 48.6 Å². The maximum absolute atomic E-state index is 7.44. The number of nitrogens with two attached hydrogens (primary N) is 1. The molecule has 1 aliphatic heterocycles. The average Bonchev–Trinajstić information content (AvgIpc) is 2.79. The molecule has 2 heterocycles. The van der Waals surface area contributed by atoms with Gasteiger partial charge in [-0.15, -0.1) is 0 Å². The molecule has 4 rings (SSSR count). The number of fused-ring (bicyclic) bond motifs is 1. The second kappa shape index (κ2) is 8.92. The van der Waals surface area contributed by atoms with Gasteiger partial charge in [-0.1, -0.05) is 18.2 Å². The molecule has 0 unspecified atom stereocenters. The minimum atomic E-state index is 0.654. The number of benzene rings is 2. The Kier molecular flexibility index (Phi) is 5.90. The lowest BCUT2D eigenvalue weighted by molar-refractivity contribution is 0.313. The number of hydrogen-bond donors (Lipinski definition) is 3. The molecule has 0 atom stereocenters. The molecule has 30 heavy (non-hydrogen) atoms. The Hall–Kier alpha value is -3.45. The maximum atomic E-state index is 7.44. The van der Waals surface area contributed by atoms with Gasteiger partial charge in [0.05, 0.1) is 17.2 Å². The van der Waals surface area contributed by atoms with Crippen molar-refractivity contribution in [3.63, 3.8) is 0 Å². The highest BCUT2D eigenvalue weighted by Gasteiger charge is 2.14. The Balaban J connectivity index is 1.45. The molecule has 7 heteroatoms. The molecule has 3 aromatic rings. The average molecular weight is 402 g/mol. The van der Waals surface area contributed by atoms with Crippen LogP contribution in [0.2, 0.25) is 0 Å². The Bertz CT molecular complexity index is 1070. The Morgan fingerprint density at radius 2 is 1.97 bits per heavy atom. The summed E-state index contributed by atoms with van der Waals surface area (Å²) < 4.78 is 0. The van der Waals surface area contributed by atoms with E-state index in [9.17, 15) is 0 Å². The summed E-state index contributed by atoms with van der Waals surface area (Å²) in [6.07, 6.45) is 4.40. The molecule has 0 bridgehead atoms. The minimum absolute atomic E-state index is 0.654. The molecule has 7 nitrogen and oxygen atoms in total. The first-order valence-electron chi connectivity index (χ1n) is 10.1. The minimum Gasteiger partial charge on any atom is -0.404 e. The van der Waals surface area contributed by atoms with Crippen molar-refractivity contribution in [3.05, 3.63) is 66.0 Å². The Morgan fingerprint density at radius 1 is 1.13 bits per heavy atom. The number of nitrogens with zero attached hydrogens (tertiary/aromatic N) is 4. The second-order valence-corrected chi connectivity index (χ2v) is 7.54. The summed E-state index contributed by atoms with van der Waals surface area (Å²) in [4.78, 5) is 14.0. The standard InChI is InChI=1S/C23H27N7/c1-29-7-9-30(10-8-29)20-4-2-3-17(11-20)15-27-23-16-26-22-12-18(19(13-24)14-25)5-6-21(22)28-23/h2-6,11-14,16,24H,7-10,15,25H2,1H3,(H,27,28)/b19-14+,24-13?. The molecule has 1 saturated heterocycles. The fourth-order valence-electron chi connectivity index (χ4n) is 3.62. The third-order valence-electron chi connectivity index (χ3n) is 5.46. The quantitative estimate of drug-likeness (QED) is 0.550. The van der Waals surface area contributed by atoms with E-state index < -0.39 is 0 Å². The van der Waals surface area contributed by atoms with Crippen LogP contribution in [0.5, 0.6) is 0 Å². The molecule has 1 aliphatic rings. The fourth-order valence-corrected chi connectivity index (χ4v) is 3.62. The van der Waals surface area contributed by atoms with Crippen molar-refractivity contribution in [2.45, 2.75) is 6.54 Å². The molecule has 0 spiro atoms. The van der Waals surface area contributed by atoms with Crippen LogP contribution >= 0.6 is 0 Å². The summed E-state index contributed by atoms with van der Waals surface area (Å²) in [6.45, 7) is 5.00. The normalized spacial score (nSPS) is 15.4. The molecule has 0 amide bonds. The molecule has 0 aliphatic carbocycles. The highest BCUT2D eigenvalue weighted by Crippen LogP contribution is 2.21. The maximum Gasteiger partial charge on any atom is 0.145 e. The summed E-state index contributed by atoms with van der Waals surface area (Å²) in [5.74, 6) is 0.738. The van der Waals surface area contributed by atoms with Crippen molar-refractivity contribution in [3.8, 4) is 0 Å². The van der Waals surface area contributed by atoms with Crippen LogP contribution in [0.15, 0.2) is 54.9 Å². The van der Waals surface area contributed by atoms with E-state index in [-0.39, 0.29) is 0 Å². The monoisotopic (exact) mass is 401 g/mol. The van der Waals surface area contributed by atoms with Gasteiger partial charge in [-0.05, 0) is 42.4 Å². The van der Waals surface area contributed by atoms with Gasteiger partial charge < -0.3 is 26.3 Å². The van der Waals surface area contributed by atoms with Crippen LogP contribution in [-0.2, 0) is 6.54 Å². The smallest absolute Gasteiger partial charge is 0.145 e. The zero-order valence-electron chi connectivity index (χ0n) is 17.2. The predicted octanol–water partition coefficient (Wildman–Crippen LogP) is 2.94. The molecule has 0 radical (unpaired) electrons. The van der Waals surface area contributed by atoms with Gasteiger partial charge >= 0.3 is 0 Å². The Morgan fingerprint density at radius 3 is 2.73 bits per heavy atom. The zero-order chi connectivity index (χ0) is 20.9. The van der Waals surface area contributed by atoms with Crippen LogP contribution in [0, 0.1) is 5.41 Å². The number of aromatic nitrogens is 2. The van der Waals surface area contributed by atoms with Crippen molar-refractivity contribution in [2.75, 3.05) is 43.4 Å². The summed E-state index contributed by atoms with van der Waals surface area (Å²) in [7, 11) is 2.17. The molecular formula is C23H27N7. The van der Waals surface area contributed by atoms with Gasteiger partial charge in [0.25, 0.3) is 0 Å². The van der Waals surface area contributed by atoms with Gasteiger partial charge in [0.1, 0.15) is 5.82 Å². The third kappa shape index (κ3) is 4.41. The number of likely N-dealkylation sites (N-methyl/N-ethyl adjacent to an activating group) is 1. The second-order valence-electron chi connectivity index (χ2n) is 7.54. The predicted molar refractivity (Wildman–Crippen MR) is 124 cm³/mol. The van der Waals surface area contributed by atoms with Crippen LogP contribution < -0.4 is 16.0 Å². The zero-order valence-corrected chi connectivity index (χ0v) is 17.2. The number of anilines is 2. The van der Waals surface area contributed by atoms with Crippen molar-refractivity contribution in [2.24, 2.45) is 5.73 Å². The van der Waals surface area contributed by atoms with Gasteiger partial charge in [-0.2, -0.15) is 0 Å². The molecule has 2 aromatic carbocycles. The number of allylic oxidation sites excluding steroid dienone is 1. The number of nitrogens with one attached hydrogen (secondary N) is 2. The first-order valence-corrected chi connectivity index (χ1v) is 10.1. The molecule has 4 N–H and O–H groups in total. The summed E-state index contributed by atoms with van der Waals surface area (Å²) in [5.41, 5.74) is 11.2. The van der Waals surface area contributed by atoms with Gasteiger partial charge in [-0.3, -0.25) is 4.98 Å². The topological polar surface area (TPSA) is 94.2 Å².